The number of amides is 1. The number of methoxy groups -OCH3 is 1. The van der Waals surface area contributed by atoms with Crippen LogP contribution in [0.5, 0.6) is 5.75 Å². The number of aryl methyl sites for hydroxylation is 1. The van der Waals surface area contributed by atoms with Crippen LogP contribution in [0.3, 0.4) is 0 Å². The van der Waals surface area contributed by atoms with Gasteiger partial charge in [0.05, 0.1) is 12.7 Å². The summed E-state index contributed by atoms with van der Waals surface area (Å²) < 4.78 is 5.23. The maximum absolute atomic E-state index is 12.6. The Kier molecular flexibility index (Phi) is 6.17. The van der Waals surface area contributed by atoms with Crippen LogP contribution in [-0.2, 0) is 24.2 Å². The first-order valence-electron chi connectivity index (χ1n) is 10.4. The molecule has 0 aliphatic heterocycles. The highest BCUT2D eigenvalue weighted by molar-refractivity contribution is 7.16. The van der Waals surface area contributed by atoms with E-state index in [0.717, 1.165) is 48.7 Å². The fourth-order valence-electron chi connectivity index (χ4n) is 4.00. The van der Waals surface area contributed by atoms with Crippen LogP contribution in [0.15, 0.2) is 24.3 Å². The number of nitrogens with one attached hydrogen (secondary N) is 1. The summed E-state index contributed by atoms with van der Waals surface area (Å²) in [7, 11) is 1.67. The van der Waals surface area contributed by atoms with Crippen LogP contribution in [-0.4, -0.2) is 30.5 Å². The highest BCUT2D eigenvalue weighted by atomic mass is 32.1. The molecule has 0 unspecified atom stereocenters. The van der Waals surface area contributed by atoms with Gasteiger partial charge < -0.3 is 10.1 Å². The van der Waals surface area contributed by atoms with Crippen molar-refractivity contribution < 1.29 is 9.53 Å². The Balaban J connectivity index is 1.35. The number of carbonyl (C=O) groups excluding carboxylic acids is 1. The van der Waals surface area contributed by atoms with Crippen LogP contribution in [0.25, 0.3) is 0 Å². The Morgan fingerprint density at radius 3 is 2.72 bits per heavy atom. The third-order valence-electron chi connectivity index (χ3n) is 5.77. The van der Waals surface area contributed by atoms with E-state index >= 15 is 0 Å². The maximum Gasteiger partial charge on any atom is 0.226 e. The third kappa shape index (κ3) is 4.80. The molecular formula is C23H27N3O2S. The summed E-state index contributed by atoms with van der Waals surface area (Å²) in [5, 5.41) is 13.3. The van der Waals surface area contributed by atoms with Crippen LogP contribution in [0.2, 0.25) is 0 Å². The standard InChI is InChI=1S/C23H27N3O2S/c1-28-18-10-6-16(7-11-18)15-26(17-8-9-17)13-12-22(27)25-23-20(14-24)19-4-2-3-5-21(19)29-23/h6-7,10-11,17H,2-5,8-9,12-13,15H2,1H3,(H,25,27). The van der Waals surface area contributed by atoms with Gasteiger partial charge in [-0.15, -0.1) is 11.3 Å². The summed E-state index contributed by atoms with van der Waals surface area (Å²) in [6, 6.07) is 11.0. The molecule has 1 N–H and O–H groups in total. The summed E-state index contributed by atoms with van der Waals surface area (Å²) in [5.41, 5.74) is 3.09. The molecule has 0 radical (unpaired) electrons. The number of rotatable bonds is 8. The minimum absolute atomic E-state index is 0.000442. The molecule has 1 amide bonds. The molecule has 29 heavy (non-hydrogen) atoms. The van der Waals surface area contributed by atoms with Crippen molar-refractivity contribution in [3.05, 3.63) is 45.8 Å². The van der Waals surface area contributed by atoms with Crippen LogP contribution in [0, 0.1) is 11.3 Å². The predicted molar refractivity (Wildman–Crippen MR) is 115 cm³/mol. The van der Waals surface area contributed by atoms with E-state index in [0.29, 0.717) is 18.0 Å². The number of thiophene rings is 1. The average molecular weight is 410 g/mol. The summed E-state index contributed by atoms with van der Waals surface area (Å²) >= 11 is 1.59. The zero-order valence-electron chi connectivity index (χ0n) is 16.9. The summed E-state index contributed by atoms with van der Waals surface area (Å²) in [6.45, 7) is 1.58. The Morgan fingerprint density at radius 1 is 1.28 bits per heavy atom. The van der Waals surface area contributed by atoms with Crippen molar-refractivity contribution in [2.24, 2.45) is 0 Å². The second-order valence-electron chi connectivity index (χ2n) is 7.87. The molecular weight excluding hydrogens is 382 g/mol. The number of hydrogen-bond donors (Lipinski definition) is 1. The van der Waals surface area contributed by atoms with Crippen molar-refractivity contribution in [2.45, 2.75) is 57.5 Å². The van der Waals surface area contributed by atoms with Crippen molar-refractivity contribution in [1.29, 1.82) is 5.26 Å². The Bertz CT molecular complexity index is 909. The molecule has 1 fully saturated rings. The highest BCUT2D eigenvalue weighted by Crippen LogP contribution is 2.37. The molecule has 1 heterocycles. The summed E-state index contributed by atoms with van der Waals surface area (Å²) in [6.07, 6.45) is 7.15. The lowest BCUT2D eigenvalue weighted by molar-refractivity contribution is -0.116. The minimum Gasteiger partial charge on any atom is -0.497 e. The summed E-state index contributed by atoms with van der Waals surface area (Å²) in [5.74, 6) is 0.860. The smallest absolute Gasteiger partial charge is 0.226 e. The van der Waals surface area contributed by atoms with Gasteiger partial charge in [-0.3, -0.25) is 9.69 Å². The maximum atomic E-state index is 12.6. The van der Waals surface area contributed by atoms with Crippen molar-refractivity contribution in [3.63, 3.8) is 0 Å². The molecule has 2 aliphatic rings. The quantitative estimate of drug-likeness (QED) is 0.697. The van der Waals surface area contributed by atoms with Gasteiger partial charge in [-0.1, -0.05) is 12.1 Å². The third-order valence-corrected chi connectivity index (χ3v) is 6.98. The minimum atomic E-state index is 0.000442. The van der Waals surface area contributed by atoms with Gasteiger partial charge in [0.1, 0.15) is 16.8 Å². The largest absolute Gasteiger partial charge is 0.497 e. The van der Waals surface area contributed by atoms with Crippen LogP contribution < -0.4 is 10.1 Å². The molecule has 4 rings (SSSR count). The van der Waals surface area contributed by atoms with Crippen LogP contribution >= 0.6 is 11.3 Å². The predicted octanol–water partition coefficient (Wildman–Crippen LogP) is 4.50. The van der Waals surface area contributed by atoms with Crippen molar-refractivity contribution in [3.8, 4) is 11.8 Å². The molecule has 2 aromatic rings. The van der Waals surface area contributed by atoms with Crippen LogP contribution in [0.4, 0.5) is 5.00 Å². The van der Waals surface area contributed by atoms with E-state index in [1.807, 2.05) is 12.1 Å². The van der Waals surface area contributed by atoms with Gasteiger partial charge in [0.25, 0.3) is 0 Å². The fraction of sp³-hybridized carbons (Fsp3) is 0.478. The molecule has 1 saturated carbocycles. The molecule has 152 valence electrons. The van der Waals surface area contributed by atoms with E-state index < -0.39 is 0 Å². The average Bonchev–Trinajstić information content (AvgIpc) is 3.53. The second-order valence-corrected chi connectivity index (χ2v) is 8.98. The van der Waals surface area contributed by atoms with Gasteiger partial charge in [0, 0.05) is 30.4 Å². The normalized spacial score (nSPS) is 15.6. The highest BCUT2D eigenvalue weighted by Gasteiger charge is 2.29. The Morgan fingerprint density at radius 2 is 2.03 bits per heavy atom. The Hall–Kier alpha value is -2.36. The monoisotopic (exact) mass is 409 g/mol. The molecule has 0 spiro atoms. The number of nitriles is 1. The SMILES string of the molecule is COc1ccc(CN(CCC(=O)Nc2sc3c(c2C#N)CCCC3)C2CC2)cc1. The molecule has 0 bridgehead atoms. The van der Waals surface area contributed by atoms with Crippen molar-refractivity contribution in [2.75, 3.05) is 19.0 Å². The van der Waals surface area contributed by atoms with Crippen molar-refractivity contribution in [1.82, 2.24) is 4.90 Å². The number of hydrogen-bond acceptors (Lipinski definition) is 5. The Labute approximate surface area is 176 Å². The van der Waals surface area contributed by atoms with Gasteiger partial charge in [-0.05, 0) is 61.8 Å². The molecule has 1 aromatic carbocycles. The number of ether oxygens (including phenoxy) is 1. The number of nitrogens with zero attached hydrogens (tertiary/aromatic N) is 2. The van der Waals surface area contributed by atoms with Gasteiger partial charge in [0.2, 0.25) is 5.91 Å². The first-order valence-corrected chi connectivity index (χ1v) is 11.2. The van der Waals surface area contributed by atoms with E-state index in [-0.39, 0.29) is 5.91 Å². The van der Waals surface area contributed by atoms with E-state index in [2.05, 4.69) is 28.4 Å². The van der Waals surface area contributed by atoms with E-state index in [9.17, 15) is 10.1 Å². The lowest BCUT2D eigenvalue weighted by Gasteiger charge is -2.22. The van der Waals surface area contributed by atoms with E-state index in [1.54, 1.807) is 18.4 Å². The lowest BCUT2D eigenvalue weighted by Crippen LogP contribution is -2.29. The fourth-order valence-corrected chi connectivity index (χ4v) is 5.26. The molecule has 1 aromatic heterocycles. The van der Waals surface area contributed by atoms with Gasteiger partial charge >= 0.3 is 0 Å². The van der Waals surface area contributed by atoms with Gasteiger partial charge in [-0.25, -0.2) is 0 Å². The van der Waals surface area contributed by atoms with E-state index in [4.69, 9.17) is 4.74 Å². The van der Waals surface area contributed by atoms with E-state index in [1.165, 1.54) is 29.7 Å². The first-order chi connectivity index (χ1) is 14.2. The second kappa shape index (κ2) is 8.98. The van der Waals surface area contributed by atoms with Crippen molar-refractivity contribution >= 4 is 22.2 Å². The zero-order chi connectivity index (χ0) is 20.2. The molecule has 0 atom stereocenters. The van der Waals surface area contributed by atoms with Gasteiger partial charge in [-0.2, -0.15) is 5.26 Å². The van der Waals surface area contributed by atoms with Gasteiger partial charge in [0.15, 0.2) is 0 Å². The number of benzene rings is 1. The molecule has 5 nitrogen and oxygen atoms in total. The first kappa shape index (κ1) is 19.9. The number of carbonyl (C=O) groups is 1. The van der Waals surface area contributed by atoms with Crippen LogP contribution in [0.1, 0.15) is 53.7 Å². The zero-order valence-corrected chi connectivity index (χ0v) is 17.7. The topological polar surface area (TPSA) is 65.4 Å². The molecule has 6 heteroatoms. The number of anilines is 1. The number of fused-ring (bicyclic) bond motifs is 1. The molecule has 2 aliphatic carbocycles. The lowest BCUT2D eigenvalue weighted by atomic mass is 9.96. The summed E-state index contributed by atoms with van der Waals surface area (Å²) in [4.78, 5) is 16.3. The molecule has 0 saturated heterocycles.